The van der Waals surface area contributed by atoms with Gasteiger partial charge in [-0.3, -0.25) is 20.2 Å². The van der Waals surface area contributed by atoms with Crippen molar-refractivity contribution < 1.29 is 9.21 Å². The van der Waals surface area contributed by atoms with Gasteiger partial charge < -0.3 is 4.42 Å². The fraction of sp³-hybridized carbons (Fsp3) is 0.0476. The van der Waals surface area contributed by atoms with E-state index in [9.17, 15) is 4.79 Å². The zero-order chi connectivity index (χ0) is 19.9. The lowest BCUT2D eigenvalue weighted by molar-refractivity contribution is -0.118. The molecule has 0 saturated carbocycles. The Morgan fingerprint density at radius 1 is 0.931 bits per heavy atom. The molecule has 4 rings (SSSR count). The zero-order valence-electron chi connectivity index (χ0n) is 15.3. The summed E-state index contributed by atoms with van der Waals surface area (Å²) in [5.74, 6) is 0.310. The third-order valence-electron chi connectivity index (χ3n) is 3.91. The molecule has 0 saturated heterocycles. The number of amides is 1. The van der Waals surface area contributed by atoms with Gasteiger partial charge in [0.25, 0.3) is 5.22 Å². The fourth-order valence-electron chi connectivity index (χ4n) is 2.59. The molecule has 0 bridgehead atoms. The molecule has 0 aliphatic carbocycles. The molecule has 29 heavy (non-hydrogen) atoms. The first-order chi connectivity index (χ1) is 14.3. The molecular weight excluding hydrogens is 386 g/mol. The van der Waals surface area contributed by atoms with Crippen LogP contribution in [-0.2, 0) is 4.79 Å². The van der Waals surface area contributed by atoms with Crippen LogP contribution in [0.1, 0.15) is 0 Å². The lowest BCUT2D eigenvalue weighted by Crippen LogP contribution is -2.39. The Hall–Kier alpha value is -3.65. The number of pyridine rings is 1. The lowest BCUT2D eigenvalue weighted by atomic mass is 10.2. The number of hydrogen-bond donors (Lipinski definition) is 1. The molecule has 0 spiro atoms. The van der Waals surface area contributed by atoms with E-state index in [2.05, 4.69) is 20.6 Å². The van der Waals surface area contributed by atoms with Crippen LogP contribution in [0.2, 0.25) is 0 Å². The molecule has 0 atom stereocenters. The van der Waals surface area contributed by atoms with Crippen LogP contribution in [0.5, 0.6) is 0 Å². The zero-order valence-corrected chi connectivity index (χ0v) is 16.1. The van der Waals surface area contributed by atoms with Crippen LogP contribution in [-0.4, -0.2) is 26.8 Å². The van der Waals surface area contributed by atoms with Crippen LogP contribution in [0, 0.1) is 0 Å². The number of nitrogens with zero attached hydrogens (tertiary/aromatic N) is 4. The van der Waals surface area contributed by atoms with Crippen molar-refractivity contribution in [1.82, 2.24) is 20.6 Å². The molecule has 0 radical (unpaired) electrons. The van der Waals surface area contributed by atoms with Crippen molar-refractivity contribution >= 4 is 29.0 Å². The third-order valence-corrected chi connectivity index (χ3v) is 4.73. The molecule has 8 heteroatoms. The standard InChI is InChI=1S/C21H17N5O2S/c27-19(15-29-21-24-23-20(28-21)16-8-7-13-22-14-16)25-26(17-9-3-1-4-10-17)18-11-5-2-6-12-18/h1-14H,15H2,(H,25,27). The van der Waals surface area contributed by atoms with Crippen LogP contribution >= 0.6 is 11.8 Å². The molecule has 7 nitrogen and oxygen atoms in total. The summed E-state index contributed by atoms with van der Waals surface area (Å²) < 4.78 is 5.60. The molecule has 0 unspecified atom stereocenters. The van der Waals surface area contributed by atoms with Gasteiger partial charge in [-0.1, -0.05) is 48.2 Å². The molecule has 4 aromatic rings. The van der Waals surface area contributed by atoms with Gasteiger partial charge in [0.1, 0.15) is 0 Å². The average molecular weight is 403 g/mol. The SMILES string of the molecule is O=C(CSc1nnc(-c2cccnc2)o1)NN(c1ccccc1)c1ccccc1. The summed E-state index contributed by atoms with van der Waals surface area (Å²) in [5, 5.41) is 10.1. The third kappa shape index (κ3) is 4.80. The van der Waals surface area contributed by atoms with E-state index in [4.69, 9.17) is 4.42 Å². The van der Waals surface area contributed by atoms with E-state index in [1.54, 1.807) is 23.5 Å². The van der Waals surface area contributed by atoms with Crippen molar-refractivity contribution in [3.05, 3.63) is 85.2 Å². The van der Waals surface area contributed by atoms with Crippen LogP contribution < -0.4 is 10.4 Å². The van der Waals surface area contributed by atoms with Gasteiger partial charge in [0.05, 0.1) is 22.7 Å². The van der Waals surface area contributed by atoms with Crippen molar-refractivity contribution in [2.24, 2.45) is 0 Å². The number of carbonyl (C=O) groups excluding carboxylic acids is 1. The first-order valence-corrected chi connectivity index (χ1v) is 9.84. The minimum absolute atomic E-state index is 0.130. The van der Waals surface area contributed by atoms with Gasteiger partial charge in [0.2, 0.25) is 11.8 Å². The number of nitrogens with one attached hydrogen (secondary N) is 1. The smallest absolute Gasteiger partial charge is 0.277 e. The van der Waals surface area contributed by atoms with Crippen molar-refractivity contribution in [3.63, 3.8) is 0 Å². The first kappa shape index (κ1) is 18.7. The number of hydrazine groups is 1. The largest absolute Gasteiger partial charge is 0.411 e. The predicted molar refractivity (Wildman–Crippen MR) is 111 cm³/mol. The monoisotopic (exact) mass is 403 g/mol. The van der Waals surface area contributed by atoms with Crippen molar-refractivity contribution in [2.75, 3.05) is 10.8 Å². The van der Waals surface area contributed by atoms with Gasteiger partial charge in [-0.2, -0.15) is 0 Å². The Kier molecular flexibility index (Phi) is 5.82. The van der Waals surface area contributed by atoms with Gasteiger partial charge in [0.15, 0.2) is 0 Å². The van der Waals surface area contributed by atoms with Crippen molar-refractivity contribution in [2.45, 2.75) is 5.22 Å². The van der Waals surface area contributed by atoms with Gasteiger partial charge >= 0.3 is 0 Å². The fourth-order valence-corrected chi connectivity index (χ4v) is 3.15. The number of thioether (sulfide) groups is 1. The number of benzene rings is 2. The maximum atomic E-state index is 12.6. The molecule has 1 amide bonds. The highest BCUT2D eigenvalue weighted by molar-refractivity contribution is 7.99. The number of aromatic nitrogens is 3. The summed E-state index contributed by atoms with van der Waals surface area (Å²) in [6.07, 6.45) is 3.32. The Labute approximate surface area is 171 Å². The molecule has 0 fully saturated rings. The summed E-state index contributed by atoms with van der Waals surface area (Å²) in [5.41, 5.74) is 5.37. The first-order valence-electron chi connectivity index (χ1n) is 8.86. The van der Waals surface area contributed by atoms with Gasteiger partial charge in [-0.25, -0.2) is 0 Å². The second-order valence-corrected chi connectivity index (χ2v) is 6.87. The highest BCUT2D eigenvalue weighted by Crippen LogP contribution is 2.24. The number of para-hydroxylation sites is 2. The summed E-state index contributed by atoms with van der Waals surface area (Å²) in [6, 6.07) is 22.9. The maximum absolute atomic E-state index is 12.6. The van der Waals surface area contributed by atoms with Crippen LogP contribution in [0.3, 0.4) is 0 Å². The Morgan fingerprint density at radius 3 is 2.24 bits per heavy atom. The van der Waals surface area contributed by atoms with Crippen LogP contribution in [0.4, 0.5) is 11.4 Å². The highest BCUT2D eigenvalue weighted by atomic mass is 32.2. The predicted octanol–water partition coefficient (Wildman–Crippen LogP) is 4.09. The normalized spacial score (nSPS) is 10.5. The summed E-state index contributed by atoms with van der Waals surface area (Å²) in [6.45, 7) is 0. The maximum Gasteiger partial charge on any atom is 0.277 e. The topological polar surface area (TPSA) is 84.1 Å². The van der Waals surface area contributed by atoms with Gasteiger partial charge in [-0.05, 0) is 36.4 Å². The van der Waals surface area contributed by atoms with Gasteiger partial charge in [0, 0.05) is 12.4 Å². The van der Waals surface area contributed by atoms with Crippen molar-refractivity contribution in [3.8, 4) is 11.5 Å². The van der Waals surface area contributed by atoms with Crippen molar-refractivity contribution in [1.29, 1.82) is 0 Å². The number of hydrogen-bond acceptors (Lipinski definition) is 7. The number of rotatable bonds is 7. The number of carbonyl (C=O) groups is 1. The quantitative estimate of drug-likeness (QED) is 0.367. The minimum atomic E-state index is -0.191. The van der Waals surface area contributed by atoms with E-state index < -0.39 is 0 Å². The van der Waals surface area contributed by atoms with Crippen LogP contribution in [0.25, 0.3) is 11.5 Å². The van der Waals surface area contributed by atoms with E-state index in [1.165, 1.54) is 11.8 Å². The lowest BCUT2D eigenvalue weighted by Gasteiger charge is -2.25. The summed E-state index contributed by atoms with van der Waals surface area (Å²) in [4.78, 5) is 16.6. The van der Waals surface area contributed by atoms with E-state index in [1.807, 2.05) is 66.7 Å². The second kappa shape index (κ2) is 9.03. The molecule has 144 valence electrons. The Balaban J connectivity index is 1.42. The molecule has 1 N–H and O–H groups in total. The Bertz CT molecular complexity index is 1020. The Morgan fingerprint density at radius 2 is 1.62 bits per heavy atom. The molecule has 2 aromatic carbocycles. The minimum Gasteiger partial charge on any atom is -0.411 e. The van der Waals surface area contributed by atoms with E-state index in [0.717, 1.165) is 16.9 Å². The molecule has 0 aliphatic rings. The number of anilines is 2. The van der Waals surface area contributed by atoms with E-state index >= 15 is 0 Å². The van der Waals surface area contributed by atoms with Gasteiger partial charge in [-0.15, -0.1) is 10.2 Å². The highest BCUT2D eigenvalue weighted by Gasteiger charge is 2.15. The average Bonchev–Trinajstić information content (AvgIpc) is 3.27. The summed E-state index contributed by atoms with van der Waals surface area (Å²) in [7, 11) is 0. The van der Waals surface area contributed by atoms with Crippen LogP contribution in [0.15, 0.2) is 94.8 Å². The molecule has 0 aliphatic heterocycles. The summed E-state index contributed by atoms with van der Waals surface area (Å²) >= 11 is 1.18. The van der Waals surface area contributed by atoms with E-state index in [-0.39, 0.29) is 11.7 Å². The molecular formula is C21H17N5O2S. The molecule has 2 heterocycles. The second-order valence-electron chi connectivity index (χ2n) is 5.94. The molecule has 2 aromatic heterocycles. The van der Waals surface area contributed by atoms with E-state index in [0.29, 0.717) is 11.1 Å².